The molecule has 3 rings (SSSR count). The highest BCUT2D eigenvalue weighted by Gasteiger charge is 2.27. The number of esters is 1. The van der Waals surface area contributed by atoms with Gasteiger partial charge in [0.05, 0.1) is 22.7 Å². The van der Waals surface area contributed by atoms with E-state index in [9.17, 15) is 9.18 Å². The molecule has 2 heterocycles. The Balaban J connectivity index is 2.45. The molecule has 26 heavy (non-hydrogen) atoms. The van der Waals surface area contributed by atoms with E-state index in [-0.39, 0.29) is 18.3 Å². The molecule has 0 spiro atoms. The summed E-state index contributed by atoms with van der Waals surface area (Å²) in [5, 5.41) is 5.09. The average Bonchev–Trinajstić information content (AvgIpc) is 2.88. The van der Waals surface area contributed by atoms with Crippen LogP contribution in [0, 0.1) is 5.82 Å². The van der Waals surface area contributed by atoms with Gasteiger partial charge in [0.1, 0.15) is 16.1 Å². The molecule has 0 aliphatic rings. The van der Waals surface area contributed by atoms with Gasteiger partial charge in [0, 0.05) is 5.56 Å². The Morgan fingerprint density at radius 1 is 1.35 bits per heavy atom. The molecule has 0 fully saturated rings. The zero-order valence-corrected chi connectivity index (χ0v) is 16.9. The molecule has 0 N–H and O–H groups in total. The lowest BCUT2D eigenvalue weighted by Gasteiger charge is -2.18. The van der Waals surface area contributed by atoms with Crippen LogP contribution >= 0.6 is 27.5 Å². The summed E-state index contributed by atoms with van der Waals surface area (Å²) in [6, 6.07) is 7.59. The minimum absolute atomic E-state index is 0.0154. The fraction of sp³-hybridized carbons (Fsp3) is 0.263. The number of aromatic nitrogens is 2. The van der Waals surface area contributed by atoms with E-state index in [0.29, 0.717) is 32.0 Å². The molecule has 0 radical (unpaired) electrons. The smallest absolute Gasteiger partial charge is 0.340 e. The molecule has 0 atom stereocenters. The first-order chi connectivity index (χ1) is 12.3. The maximum Gasteiger partial charge on any atom is 0.340 e. The molecule has 4 nitrogen and oxygen atoms in total. The fourth-order valence-electron chi connectivity index (χ4n) is 2.96. The molecule has 2 aromatic heterocycles. The number of nitrogens with zero attached hydrogens (tertiary/aromatic N) is 2. The van der Waals surface area contributed by atoms with Crippen molar-refractivity contribution in [2.45, 2.75) is 26.7 Å². The third kappa shape index (κ3) is 3.23. The fourth-order valence-corrected chi connectivity index (χ4v) is 3.86. The van der Waals surface area contributed by atoms with E-state index >= 15 is 0 Å². The van der Waals surface area contributed by atoms with Crippen LogP contribution in [0.25, 0.3) is 16.8 Å². The number of hydrogen-bond acceptors (Lipinski definition) is 3. The third-order valence-corrected chi connectivity index (χ3v) is 4.87. The van der Waals surface area contributed by atoms with Gasteiger partial charge in [-0.15, -0.1) is 0 Å². The molecule has 0 aliphatic carbocycles. The maximum atomic E-state index is 13.4. The van der Waals surface area contributed by atoms with Gasteiger partial charge in [0.15, 0.2) is 0 Å². The highest BCUT2D eigenvalue weighted by atomic mass is 79.9. The van der Waals surface area contributed by atoms with E-state index < -0.39 is 5.97 Å². The Kier molecular flexibility index (Phi) is 5.34. The van der Waals surface area contributed by atoms with Gasteiger partial charge in [-0.3, -0.25) is 0 Å². The molecular weight excluding hydrogens is 423 g/mol. The first-order valence-corrected chi connectivity index (χ1v) is 9.35. The van der Waals surface area contributed by atoms with Crippen LogP contribution in [0.1, 0.15) is 42.6 Å². The molecular formula is C19H17BrClFN2O2. The van der Waals surface area contributed by atoms with Crippen molar-refractivity contribution in [3.05, 3.63) is 56.9 Å². The van der Waals surface area contributed by atoms with Crippen LogP contribution in [0.2, 0.25) is 5.02 Å². The normalized spacial score (nSPS) is 11.3. The molecule has 3 aromatic rings. The zero-order valence-electron chi connectivity index (χ0n) is 14.5. The van der Waals surface area contributed by atoms with E-state index in [4.69, 9.17) is 16.3 Å². The minimum Gasteiger partial charge on any atom is -0.462 e. The van der Waals surface area contributed by atoms with Crippen molar-refractivity contribution < 1.29 is 13.9 Å². The van der Waals surface area contributed by atoms with Crippen LogP contribution in [0.4, 0.5) is 4.39 Å². The Hall–Kier alpha value is -1.92. The lowest BCUT2D eigenvalue weighted by molar-refractivity contribution is 0.0525. The van der Waals surface area contributed by atoms with Crippen molar-refractivity contribution in [3.63, 3.8) is 0 Å². The van der Waals surface area contributed by atoms with Crippen molar-refractivity contribution in [2.75, 3.05) is 6.61 Å². The molecule has 7 heteroatoms. The number of carbonyl (C=O) groups excluding carboxylic acids is 1. The Morgan fingerprint density at radius 2 is 2.00 bits per heavy atom. The summed E-state index contributed by atoms with van der Waals surface area (Å²) in [6.07, 6.45) is 0. The van der Waals surface area contributed by atoms with Crippen LogP contribution < -0.4 is 0 Å². The standard InChI is InChI=1S/C19H17BrClFN2O2/c1-4-26-19(25)16-15(10(2)3)18-13(21)9-14(20)24(18)23-17(16)11-5-7-12(22)8-6-11/h5-10H,4H2,1-3H3. The molecule has 0 saturated carbocycles. The van der Waals surface area contributed by atoms with E-state index in [2.05, 4.69) is 21.0 Å². The molecule has 0 bridgehead atoms. The number of rotatable bonds is 4. The summed E-state index contributed by atoms with van der Waals surface area (Å²) in [5.74, 6) is -0.848. The minimum atomic E-state index is -0.473. The lowest BCUT2D eigenvalue weighted by atomic mass is 9.93. The van der Waals surface area contributed by atoms with Gasteiger partial charge in [-0.05, 0) is 64.7 Å². The van der Waals surface area contributed by atoms with Crippen molar-refractivity contribution in [1.29, 1.82) is 0 Å². The average molecular weight is 440 g/mol. The molecule has 136 valence electrons. The van der Waals surface area contributed by atoms with Crippen LogP contribution in [-0.4, -0.2) is 22.2 Å². The van der Waals surface area contributed by atoms with Crippen molar-refractivity contribution in [1.82, 2.24) is 9.61 Å². The lowest BCUT2D eigenvalue weighted by Crippen LogP contribution is -2.15. The second-order valence-electron chi connectivity index (χ2n) is 6.09. The first-order valence-electron chi connectivity index (χ1n) is 8.18. The summed E-state index contributed by atoms with van der Waals surface area (Å²) in [7, 11) is 0. The quantitative estimate of drug-likeness (QED) is 0.478. The number of hydrogen-bond donors (Lipinski definition) is 0. The molecule has 0 aliphatic heterocycles. The first kappa shape index (κ1) is 18.9. The zero-order chi connectivity index (χ0) is 19.0. The molecule has 0 saturated heterocycles. The predicted octanol–water partition coefficient (Wildman–Crippen LogP) is 5.86. The number of fused-ring (bicyclic) bond motifs is 1. The van der Waals surface area contributed by atoms with Crippen LogP contribution in [0.3, 0.4) is 0 Å². The molecule has 0 unspecified atom stereocenters. The number of halogens is 3. The van der Waals surface area contributed by atoms with Gasteiger partial charge >= 0.3 is 5.97 Å². The topological polar surface area (TPSA) is 43.6 Å². The second kappa shape index (κ2) is 7.37. The van der Waals surface area contributed by atoms with E-state index in [0.717, 1.165) is 5.56 Å². The predicted molar refractivity (Wildman–Crippen MR) is 103 cm³/mol. The molecule has 1 aromatic carbocycles. The largest absolute Gasteiger partial charge is 0.462 e. The van der Waals surface area contributed by atoms with Crippen LogP contribution in [0.5, 0.6) is 0 Å². The molecule has 0 amide bonds. The van der Waals surface area contributed by atoms with Gasteiger partial charge in [0.25, 0.3) is 0 Å². The van der Waals surface area contributed by atoms with Crippen molar-refractivity contribution in [2.24, 2.45) is 0 Å². The van der Waals surface area contributed by atoms with Gasteiger partial charge in [0.2, 0.25) is 0 Å². The van der Waals surface area contributed by atoms with E-state index in [1.54, 1.807) is 29.6 Å². The number of benzene rings is 1. The van der Waals surface area contributed by atoms with Gasteiger partial charge in [-0.2, -0.15) is 5.10 Å². The highest BCUT2D eigenvalue weighted by molar-refractivity contribution is 9.10. The summed E-state index contributed by atoms with van der Waals surface area (Å²) in [5.41, 5.74) is 2.80. The van der Waals surface area contributed by atoms with Crippen LogP contribution in [0.15, 0.2) is 34.9 Å². The summed E-state index contributed by atoms with van der Waals surface area (Å²) in [4.78, 5) is 12.8. The Labute approximate surface area is 164 Å². The highest BCUT2D eigenvalue weighted by Crippen LogP contribution is 2.37. The maximum absolute atomic E-state index is 13.4. The van der Waals surface area contributed by atoms with Crippen LogP contribution in [-0.2, 0) is 4.74 Å². The van der Waals surface area contributed by atoms with E-state index in [1.165, 1.54) is 12.1 Å². The number of carbonyl (C=O) groups is 1. The summed E-state index contributed by atoms with van der Waals surface area (Å²) in [6.45, 7) is 5.94. The van der Waals surface area contributed by atoms with Crippen molar-refractivity contribution >= 4 is 39.0 Å². The Bertz CT molecular complexity index is 984. The monoisotopic (exact) mass is 438 g/mol. The summed E-state index contributed by atoms with van der Waals surface area (Å²) >= 11 is 9.86. The Morgan fingerprint density at radius 3 is 2.58 bits per heavy atom. The van der Waals surface area contributed by atoms with Gasteiger partial charge < -0.3 is 4.74 Å². The third-order valence-electron chi connectivity index (χ3n) is 4.02. The van der Waals surface area contributed by atoms with E-state index in [1.807, 2.05) is 13.8 Å². The second-order valence-corrected chi connectivity index (χ2v) is 7.31. The van der Waals surface area contributed by atoms with Gasteiger partial charge in [-0.25, -0.2) is 13.7 Å². The SMILES string of the molecule is CCOC(=O)c1c(-c2ccc(F)cc2)nn2c(Br)cc(Cl)c2c1C(C)C. The number of ether oxygens (including phenoxy) is 1. The van der Waals surface area contributed by atoms with Gasteiger partial charge in [-0.1, -0.05) is 25.4 Å². The summed E-state index contributed by atoms with van der Waals surface area (Å²) < 4.78 is 21.0. The van der Waals surface area contributed by atoms with Crippen molar-refractivity contribution in [3.8, 4) is 11.3 Å².